The molecule has 1 aromatic carbocycles. The second-order valence-electron chi connectivity index (χ2n) is 4.41. The van der Waals surface area contributed by atoms with E-state index in [1.165, 1.54) is 6.92 Å². The molecule has 0 radical (unpaired) electrons. The predicted octanol–water partition coefficient (Wildman–Crippen LogP) is 1.58. The summed E-state index contributed by atoms with van der Waals surface area (Å²) < 4.78 is 0. The van der Waals surface area contributed by atoms with Crippen molar-refractivity contribution in [1.82, 2.24) is 4.98 Å². The van der Waals surface area contributed by atoms with E-state index in [2.05, 4.69) is 4.98 Å². The number of carboxylic acid groups (broad SMARTS) is 1. The van der Waals surface area contributed by atoms with Crippen LogP contribution in [-0.4, -0.2) is 21.6 Å². The first kappa shape index (κ1) is 11.5. The highest BCUT2D eigenvalue weighted by Gasteiger charge is 2.28. The molecule has 0 saturated heterocycles. The van der Waals surface area contributed by atoms with Gasteiger partial charge in [-0.2, -0.15) is 0 Å². The molecule has 3 N–H and O–H groups in total. The van der Waals surface area contributed by atoms with Gasteiger partial charge in [0.15, 0.2) is 0 Å². The molecule has 0 aliphatic rings. The first-order valence-corrected chi connectivity index (χ1v) is 5.34. The third-order valence-electron chi connectivity index (χ3n) is 2.82. The van der Waals surface area contributed by atoms with Gasteiger partial charge >= 0.3 is 5.97 Å². The van der Waals surface area contributed by atoms with E-state index in [1.54, 1.807) is 12.4 Å². The predicted molar refractivity (Wildman–Crippen MR) is 65.7 cm³/mol. The van der Waals surface area contributed by atoms with Crippen LogP contribution in [0.15, 0.2) is 36.7 Å². The van der Waals surface area contributed by atoms with Gasteiger partial charge in [0.2, 0.25) is 0 Å². The summed E-state index contributed by atoms with van der Waals surface area (Å²) in [6.07, 6.45) is 3.75. The second-order valence-corrected chi connectivity index (χ2v) is 4.41. The third-order valence-corrected chi connectivity index (χ3v) is 2.82. The van der Waals surface area contributed by atoms with E-state index in [0.717, 1.165) is 16.3 Å². The SMILES string of the molecule is CC(N)(Cc1cccc2cnccc12)C(=O)O. The first-order valence-electron chi connectivity index (χ1n) is 5.34. The van der Waals surface area contributed by atoms with Gasteiger partial charge in [0.25, 0.3) is 0 Å². The molecule has 4 nitrogen and oxygen atoms in total. The Hall–Kier alpha value is -1.94. The van der Waals surface area contributed by atoms with Gasteiger partial charge in [-0.05, 0) is 23.9 Å². The highest BCUT2D eigenvalue weighted by molar-refractivity contribution is 5.86. The molecular formula is C13H14N2O2. The monoisotopic (exact) mass is 230 g/mol. The van der Waals surface area contributed by atoms with Gasteiger partial charge in [-0.25, -0.2) is 0 Å². The molecular weight excluding hydrogens is 216 g/mol. The van der Waals surface area contributed by atoms with Crippen molar-refractivity contribution >= 4 is 16.7 Å². The van der Waals surface area contributed by atoms with Crippen molar-refractivity contribution in [3.8, 4) is 0 Å². The molecule has 0 saturated carbocycles. The largest absolute Gasteiger partial charge is 0.480 e. The molecule has 1 unspecified atom stereocenters. The Morgan fingerprint density at radius 3 is 2.94 bits per heavy atom. The van der Waals surface area contributed by atoms with Crippen molar-refractivity contribution in [2.24, 2.45) is 5.73 Å². The highest BCUT2D eigenvalue weighted by atomic mass is 16.4. The van der Waals surface area contributed by atoms with Crippen LogP contribution in [0.4, 0.5) is 0 Å². The van der Waals surface area contributed by atoms with Crippen LogP contribution in [-0.2, 0) is 11.2 Å². The van der Waals surface area contributed by atoms with Crippen LogP contribution < -0.4 is 5.73 Å². The quantitative estimate of drug-likeness (QED) is 0.839. The number of hydrogen-bond acceptors (Lipinski definition) is 3. The van der Waals surface area contributed by atoms with Crippen molar-refractivity contribution in [2.45, 2.75) is 18.9 Å². The van der Waals surface area contributed by atoms with Crippen LogP contribution >= 0.6 is 0 Å². The standard InChI is InChI=1S/C13H14N2O2/c1-13(14,12(16)17)7-9-3-2-4-10-8-15-6-5-11(9)10/h2-6,8H,7,14H2,1H3,(H,16,17). The van der Waals surface area contributed by atoms with Crippen molar-refractivity contribution in [2.75, 3.05) is 0 Å². The molecule has 17 heavy (non-hydrogen) atoms. The fourth-order valence-electron chi connectivity index (χ4n) is 1.82. The van der Waals surface area contributed by atoms with E-state index in [9.17, 15) is 4.79 Å². The molecule has 0 fully saturated rings. The van der Waals surface area contributed by atoms with E-state index in [4.69, 9.17) is 10.8 Å². The Bertz CT molecular complexity index is 559. The molecule has 0 aliphatic carbocycles. The molecule has 2 aromatic rings. The summed E-state index contributed by atoms with van der Waals surface area (Å²) in [5.74, 6) is -0.997. The molecule has 0 bridgehead atoms. The second kappa shape index (κ2) is 4.14. The minimum Gasteiger partial charge on any atom is -0.480 e. The van der Waals surface area contributed by atoms with Crippen LogP contribution in [0.2, 0.25) is 0 Å². The minimum absolute atomic E-state index is 0.295. The summed E-state index contributed by atoms with van der Waals surface area (Å²) in [6.45, 7) is 1.52. The topological polar surface area (TPSA) is 76.2 Å². The van der Waals surface area contributed by atoms with Crippen molar-refractivity contribution in [3.05, 3.63) is 42.2 Å². The number of hydrogen-bond donors (Lipinski definition) is 2. The summed E-state index contributed by atoms with van der Waals surface area (Å²) in [6, 6.07) is 7.61. The fourth-order valence-corrected chi connectivity index (χ4v) is 1.82. The maximum Gasteiger partial charge on any atom is 0.323 e. The maximum atomic E-state index is 11.0. The van der Waals surface area contributed by atoms with Gasteiger partial charge in [0.05, 0.1) is 0 Å². The molecule has 1 aromatic heterocycles. The Kier molecular flexibility index (Phi) is 2.81. The van der Waals surface area contributed by atoms with Crippen LogP contribution in [0, 0.1) is 0 Å². The minimum atomic E-state index is -1.25. The highest BCUT2D eigenvalue weighted by Crippen LogP contribution is 2.21. The number of nitrogens with zero attached hydrogens (tertiary/aromatic N) is 1. The van der Waals surface area contributed by atoms with Gasteiger partial charge in [-0.3, -0.25) is 9.78 Å². The molecule has 4 heteroatoms. The van der Waals surface area contributed by atoms with Gasteiger partial charge < -0.3 is 10.8 Å². The smallest absolute Gasteiger partial charge is 0.323 e. The lowest BCUT2D eigenvalue weighted by molar-refractivity contribution is -0.142. The lowest BCUT2D eigenvalue weighted by atomic mass is 9.91. The van der Waals surface area contributed by atoms with E-state index in [1.807, 2.05) is 24.3 Å². The summed E-state index contributed by atoms with van der Waals surface area (Å²) in [5.41, 5.74) is 5.44. The number of carbonyl (C=O) groups is 1. The zero-order valence-corrected chi connectivity index (χ0v) is 9.55. The lowest BCUT2D eigenvalue weighted by Gasteiger charge is -2.20. The van der Waals surface area contributed by atoms with E-state index in [-0.39, 0.29) is 0 Å². The number of benzene rings is 1. The Labute approximate surface area is 99.1 Å². The number of carboxylic acids is 1. The molecule has 0 aliphatic heterocycles. The first-order chi connectivity index (χ1) is 8.00. The number of nitrogens with two attached hydrogens (primary N) is 1. The van der Waals surface area contributed by atoms with Crippen LogP contribution in [0.5, 0.6) is 0 Å². The maximum absolute atomic E-state index is 11.0. The van der Waals surface area contributed by atoms with Gasteiger partial charge in [-0.15, -0.1) is 0 Å². The summed E-state index contributed by atoms with van der Waals surface area (Å²) in [4.78, 5) is 15.1. The summed E-state index contributed by atoms with van der Waals surface area (Å²) in [7, 11) is 0. The number of aliphatic carboxylic acids is 1. The van der Waals surface area contributed by atoms with Gasteiger partial charge in [-0.1, -0.05) is 18.2 Å². The zero-order chi connectivity index (χ0) is 12.5. The fraction of sp³-hybridized carbons (Fsp3) is 0.231. The molecule has 1 atom stereocenters. The summed E-state index contributed by atoms with van der Waals surface area (Å²) >= 11 is 0. The van der Waals surface area contributed by atoms with E-state index in [0.29, 0.717) is 6.42 Å². The van der Waals surface area contributed by atoms with Gasteiger partial charge in [0.1, 0.15) is 5.54 Å². The average molecular weight is 230 g/mol. The molecule has 88 valence electrons. The van der Waals surface area contributed by atoms with E-state index < -0.39 is 11.5 Å². The number of fused-ring (bicyclic) bond motifs is 1. The molecule has 2 rings (SSSR count). The van der Waals surface area contributed by atoms with Gasteiger partial charge in [0, 0.05) is 24.2 Å². The van der Waals surface area contributed by atoms with Crippen LogP contribution in [0.1, 0.15) is 12.5 Å². The summed E-state index contributed by atoms with van der Waals surface area (Å²) in [5, 5.41) is 11.0. The lowest BCUT2D eigenvalue weighted by Crippen LogP contribution is -2.46. The van der Waals surface area contributed by atoms with E-state index >= 15 is 0 Å². The van der Waals surface area contributed by atoms with Crippen molar-refractivity contribution < 1.29 is 9.90 Å². The Morgan fingerprint density at radius 2 is 2.24 bits per heavy atom. The third kappa shape index (κ3) is 2.26. The number of aromatic nitrogens is 1. The molecule has 0 spiro atoms. The normalized spacial score (nSPS) is 14.5. The van der Waals surface area contributed by atoms with Crippen LogP contribution in [0.3, 0.4) is 0 Å². The molecule has 0 amide bonds. The average Bonchev–Trinajstić information content (AvgIpc) is 2.29. The van der Waals surface area contributed by atoms with Crippen molar-refractivity contribution in [3.63, 3.8) is 0 Å². The number of rotatable bonds is 3. The van der Waals surface area contributed by atoms with Crippen LogP contribution in [0.25, 0.3) is 10.8 Å². The Balaban J connectivity index is 2.46. The zero-order valence-electron chi connectivity index (χ0n) is 9.55. The number of pyridine rings is 1. The molecule has 1 heterocycles. The Morgan fingerprint density at radius 1 is 1.47 bits per heavy atom. The van der Waals surface area contributed by atoms with Crippen molar-refractivity contribution in [1.29, 1.82) is 0 Å².